The van der Waals surface area contributed by atoms with Crippen molar-refractivity contribution in [3.8, 4) is 0 Å². The molecule has 1 aliphatic rings. The Morgan fingerprint density at radius 2 is 1.84 bits per heavy atom. The molecule has 3 aromatic rings. The first-order valence-corrected chi connectivity index (χ1v) is 12.3. The predicted octanol–water partition coefficient (Wildman–Crippen LogP) is 1.49. The molecule has 0 radical (unpaired) electrons. The Morgan fingerprint density at radius 3 is 2.47 bits per heavy atom. The van der Waals surface area contributed by atoms with Gasteiger partial charge in [0.25, 0.3) is 11.6 Å². The molecule has 1 saturated heterocycles. The van der Waals surface area contributed by atoms with Crippen molar-refractivity contribution in [3.05, 3.63) is 71.4 Å². The lowest BCUT2D eigenvalue weighted by Crippen LogP contribution is -2.42. The number of benzene rings is 2. The number of aliphatic imine (C=N–C) groups is 1. The van der Waals surface area contributed by atoms with Crippen molar-refractivity contribution in [1.82, 2.24) is 15.1 Å². The summed E-state index contributed by atoms with van der Waals surface area (Å²) in [6.45, 7) is 3.62. The Balaban J connectivity index is 1.56. The van der Waals surface area contributed by atoms with Crippen LogP contribution >= 0.6 is 12.2 Å². The zero-order valence-electron chi connectivity index (χ0n) is 21.1. The first-order valence-electron chi connectivity index (χ1n) is 11.9. The third-order valence-electron chi connectivity index (χ3n) is 6.11. The lowest BCUT2D eigenvalue weighted by atomic mass is 10.1. The van der Waals surface area contributed by atoms with Crippen LogP contribution in [0.1, 0.15) is 41.9 Å². The molecule has 0 bridgehead atoms. The van der Waals surface area contributed by atoms with Crippen LogP contribution in [0.4, 0.5) is 11.6 Å². The number of rotatable bonds is 9. The summed E-state index contributed by atoms with van der Waals surface area (Å²) in [6, 6.07) is 14.1. The first kappa shape index (κ1) is 26.6. The Labute approximate surface area is 224 Å². The SMILES string of the molecule is CCN1C(=O)C(CC(=O)Nc2ccc(C(C)=O)cc2)N(Cc2c(/N=C(\[O-])c3ccccc3)on[n+]2C)C1=S. The summed E-state index contributed by atoms with van der Waals surface area (Å²) in [7, 11) is 1.62. The summed E-state index contributed by atoms with van der Waals surface area (Å²) in [4.78, 5) is 44.7. The van der Waals surface area contributed by atoms with Gasteiger partial charge in [-0.15, -0.1) is 0 Å². The lowest BCUT2D eigenvalue weighted by molar-refractivity contribution is -0.746. The third-order valence-corrected chi connectivity index (χ3v) is 6.56. The van der Waals surface area contributed by atoms with E-state index in [4.69, 9.17) is 16.7 Å². The maximum Gasteiger partial charge on any atom is 0.325 e. The second-order valence-electron chi connectivity index (χ2n) is 8.63. The zero-order valence-corrected chi connectivity index (χ0v) is 21.9. The molecule has 1 unspecified atom stereocenters. The Morgan fingerprint density at radius 1 is 1.16 bits per heavy atom. The molecule has 0 spiro atoms. The number of hydrogen-bond acceptors (Lipinski definition) is 8. The van der Waals surface area contributed by atoms with Crippen LogP contribution in [0.2, 0.25) is 0 Å². The molecule has 12 heteroatoms. The van der Waals surface area contributed by atoms with E-state index in [0.717, 1.165) is 0 Å². The third kappa shape index (κ3) is 5.59. The molecule has 2 aromatic carbocycles. The Hall–Kier alpha value is -4.45. The van der Waals surface area contributed by atoms with Crippen molar-refractivity contribution >= 4 is 52.4 Å². The summed E-state index contributed by atoms with van der Waals surface area (Å²) >= 11 is 5.57. The second-order valence-corrected chi connectivity index (χ2v) is 8.99. The standard InChI is InChI=1S/C26H26N6O5S/c1-4-31-25(36)20(14-22(34)27-19-12-10-17(11-13-19)16(2)33)32(26(31)38)15-21-24(37-29-30(21)3)28-23(35)18-8-6-5-7-9-18/h5-13,20H,4,14-15H2,1-3H3,(H-,27,28,29,33,34,35). The van der Waals surface area contributed by atoms with Crippen molar-refractivity contribution < 1.29 is 28.7 Å². The number of ketones is 1. The Kier molecular flexibility index (Phi) is 7.91. The number of likely N-dealkylation sites (N-methyl/N-ethyl adjacent to an activating group) is 1. The number of amides is 2. The van der Waals surface area contributed by atoms with Crippen LogP contribution in [-0.2, 0) is 23.2 Å². The van der Waals surface area contributed by atoms with E-state index in [-0.39, 0.29) is 35.7 Å². The molecule has 0 saturated carbocycles. The Bertz CT molecular complexity index is 1400. The fourth-order valence-corrected chi connectivity index (χ4v) is 4.44. The van der Waals surface area contributed by atoms with Crippen molar-refractivity contribution in [2.75, 3.05) is 11.9 Å². The minimum absolute atomic E-state index is 0.0136. The van der Waals surface area contributed by atoms with Gasteiger partial charge in [0.2, 0.25) is 11.2 Å². The van der Waals surface area contributed by atoms with E-state index in [1.54, 1.807) is 73.5 Å². The molecule has 2 amide bonds. The molecular weight excluding hydrogens is 508 g/mol. The summed E-state index contributed by atoms with van der Waals surface area (Å²) in [6.07, 6.45) is -0.172. The van der Waals surface area contributed by atoms with Gasteiger partial charge in [0.05, 0.1) is 6.42 Å². The molecule has 1 atom stereocenters. The van der Waals surface area contributed by atoms with Crippen LogP contribution < -0.4 is 15.1 Å². The van der Waals surface area contributed by atoms with Gasteiger partial charge in [-0.2, -0.15) is 0 Å². The number of aromatic nitrogens is 2. The molecule has 1 aliphatic heterocycles. The molecule has 4 rings (SSSR count). The molecule has 1 fully saturated rings. The highest BCUT2D eigenvalue weighted by molar-refractivity contribution is 7.80. The predicted molar refractivity (Wildman–Crippen MR) is 139 cm³/mol. The molecule has 38 heavy (non-hydrogen) atoms. The average Bonchev–Trinajstić information content (AvgIpc) is 3.35. The molecule has 11 nitrogen and oxygen atoms in total. The van der Waals surface area contributed by atoms with Gasteiger partial charge in [-0.3, -0.25) is 23.8 Å². The summed E-state index contributed by atoms with van der Waals surface area (Å²) in [5.41, 5.74) is 1.82. The molecule has 0 aliphatic carbocycles. The zero-order chi connectivity index (χ0) is 27.4. The van der Waals surface area contributed by atoms with Crippen molar-refractivity contribution in [1.29, 1.82) is 0 Å². The van der Waals surface area contributed by atoms with Crippen LogP contribution in [0, 0.1) is 0 Å². The normalized spacial score (nSPS) is 15.8. The summed E-state index contributed by atoms with van der Waals surface area (Å²) < 4.78 is 6.70. The van der Waals surface area contributed by atoms with Gasteiger partial charge in [0.15, 0.2) is 17.9 Å². The van der Waals surface area contributed by atoms with Gasteiger partial charge >= 0.3 is 5.88 Å². The maximum absolute atomic E-state index is 13.2. The monoisotopic (exact) mass is 534 g/mol. The van der Waals surface area contributed by atoms with Gasteiger partial charge in [-0.05, 0) is 66.5 Å². The van der Waals surface area contributed by atoms with E-state index < -0.39 is 17.8 Å². The number of thiocarbonyl (C=S) groups is 1. The van der Waals surface area contributed by atoms with Crippen LogP contribution in [-0.4, -0.2) is 56.3 Å². The molecule has 1 N–H and O–H groups in total. The van der Waals surface area contributed by atoms with Crippen molar-refractivity contribution in [3.63, 3.8) is 0 Å². The van der Waals surface area contributed by atoms with E-state index in [2.05, 4.69) is 15.6 Å². The topological polar surface area (TPSA) is 135 Å². The highest BCUT2D eigenvalue weighted by Gasteiger charge is 2.44. The van der Waals surface area contributed by atoms with E-state index in [1.807, 2.05) is 0 Å². The van der Waals surface area contributed by atoms with Crippen LogP contribution in [0.15, 0.2) is 64.1 Å². The van der Waals surface area contributed by atoms with Crippen molar-refractivity contribution in [2.45, 2.75) is 32.9 Å². The van der Waals surface area contributed by atoms with Crippen molar-refractivity contribution in [2.24, 2.45) is 12.0 Å². The highest BCUT2D eigenvalue weighted by Crippen LogP contribution is 2.26. The van der Waals surface area contributed by atoms with E-state index >= 15 is 0 Å². The highest BCUT2D eigenvalue weighted by atomic mass is 32.1. The van der Waals surface area contributed by atoms with Gasteiger partial charge < -0.3 is 15.3 Å². The van der Waals surface area contributed by atoms with Gasteiger partial charge in [0.1, 0.15) is 12.6 Å². The van der Waals surface area contributed by atoms with Crippen LogP contribution in [0.3, 0.4) is 0 Å². The van der Waals surface area contributed by atoms with Crippen LogP contribution in [0.25, 0.3) is 0 Å². The minimum atomic E-state index is -0.883. The van der Waals surface area contributed by atoms with Gasteiger partial charge in [-0.25, -0.2) is 4.99 Å². The number of nitrogens with one attached hydrogen (secondary N) is 1. The van der Waals surface area contributed by atoms with E-state index in [1.165, 1.54) is 16.5 Å². The number of hydrogen-bond donors (Lipinski definition) is 1. The first-order chi connectivity index (χ1) is 18.2. The molecule has 1 aromatic heterocycles. The molecular formula is C26H26N6O5S. The van der Waals surface area contributed by atoms with Gasteiger partial charge in [0, 0.05) is 17.8 Å². The maximum atomic E-state index is 13.2. The average molecular weight is 535 g/mol. The smallest absolute Gasteiger partial charge is 0.325 e. The van der Waals surface area contributed by atoms with E-state index in [9.17, 15) is 19.5 Å². The lowest BCUT2D eigenvalue weighted by Gasteiger charge is -2.21. The number of carbonyl (C=O) groups is 3. The minimum Gasteiger partial charge on any atom is -0.858 e. The number of carbonyl (C=O) groups excluding carboxylic acids is 3. The summed E-state index contributed by atoms with van der Waals surface area (Å²) in [5, 5.41) is 19.5. The number of Topliss-reactive ketones (excluding diaryl/α,β-unsaturated/α-hetero) is 1. The van der Waals surface area contributed by atoms with E-state index in [0.29, 0.717) is 29.1 Å². The van der Waals surface area contributed by atoms with Gasteiger partial charge in [-0.1, -0.05) is 30.3 Å². The second kappa shape index (κ2) is 11.3. The largest absolute Gasteiger partial charge is 0.858 e. The molecule has 2 heterocycles. The quantitative estimate of drug-likeness (QED) is 0.143. The number of anilines is 1. The molecule has 196 valence electrons. The number of nitrogens with zero attached hydrogens (tertiary/aromatic N) is 5. The summed E-state index contributed by atoms with van der Waals surface area (Å²) in [5.74, 6) is -1.31. The fourth-order valence-electron chi connectivity index (χ4n) is 4.03. The fraction of sp³-hybridized carbons (Fsp3) is 0.269. The number of aryl methyl sites for hydroxylation is 1. The van der Waals surface area contributed by atoms with Crippen LogP contribution in [0.5, 0.6) is 0 Å².